The van der Waals surface area contributed by atoms with Crippen LogP contribution in [0.15, 0.2) is 0 Å². The number of hydrogen-bond acceptors (Lipinski definition) is 5. The summed E-state index contributed by atoms with van der Waals surface area (Å²) in [7, 11) is 0. The first-order chi connectivity index (χ1) is 10.2. The Bertz CT molecular complexity index is 564. The van der Waals surface area contributed by atoms with E-state index in [0.717, 1.165) is 5.01 Å². The molecule has 122 valence electrons. The Kier molecular flexibility index (Phi) is 4.69. The van der Waals surface area contributed by atoms with Gasteiger partial charge in [0.2, 0.25) is 11.0 Å². The van der Waals surface area contributed by atoms with E-state index in [-0.39, 0.29) is 29.4 Å². The van der Waals surface area contributed by atoms with E-state index in [1.165, 1.54) is 11.3 Å². The van der Waals surface area contributed by atoms with Crippen molar-refractivity contribution < 1.29 is 9.59 Å². The summed E-state index contributed by atoms with van der Waals surface area (Å²) in [5.74, 6) is 0.0752. The number of likely N-dealkylation sites (tertiary alicyclic amines) is 1. The first-order valence-electron chi connectivity index (χ1n) is 7.38. The zero-order valence-corrected chi connectivity index (χ0v) is 14.5. The molecule has 0 bridgehead atoms. The lowest BCUT2D eigenvalue weighted by molar-refractivity contribution is -0.129. The molecule has 22 heavy (non-hydrogen) atoms. The summed E-state index contributed by atoms with van der Waals surface area (Å²) in [6.07, 6.45) is 0.342. The van der Waals surface area contributed by atoms with Gasteiger partial charge in [-0.2, -0.15) is 0 Å². The smallest absolute Gasteiger partial charge is 0.321 e. The maximum absolute atomic E-state index is 12.0. The molecule has 1 aliphatic heterocycles. The van der Waals surface area contributed by atoms with E-state index in [9.17, 15) is 9.59 Å². The van der Waals surface area contributed by atoms with Crippen LogP contribution in [0.4, 0.5) is 9.93 Å². The van der Waals surface area contributed by atoms with Crippen LogP contribution in [0.5, 0.6) is 0 Å². The van der Waals surface area contributed by atoms with Crippen LogP contribution in [0.3, 0.4) is 0 Å². The van der Waals surface area contributed by atoms with Gasteiger partial charge in [-0.15, -0.1) is 10.2 Å². The number of nitrogens with one attached hydrogen (secondary N) is 2. The first kappa shape index (κ1) is 16.7. The fourth-order valence-electron chi connectivity index (χ4n) is 2.22. The standard InChI is InChI=1S/C14H23N5O2S/c1-8(2)19-7-9(6-10(19)20)15-12(21)16-13-18-17-11(22-13)14(3,4)5/h8-9H,6-7H2,1-5H3,(H2,15,16,18,21). The largest absolute Gasteiger partial charge is 0.338 e. The van der Waals surface area contributed by atoms with Crippen molar-refractivity contribution in [2.24, 2.45) is 0 Å². The third kappa shape index (κ3) is 3.94. The van der Waals surface area contributed by atoms with E-state index in [0.29, 0.717) is 18.1 Å². The van der Waals surface area contributed by atoms with Gasteiger partial charge in [0, 0.05) is 24.4 Å². The molecule has 8 heteroatoms. The summed E-state index contributed by atoms with van der Waals surface area (Å²) in [5, 5.41) is 14.9. The van der Waals surface area contributed by atoms with Crippen LogP contribution in [-0.4, -0.2) is 45.7 Å². The average molecular weight is 325 g/mol. The second-order valence-electron chi connectivity index (χ2n) is 6.80. The topological polar surface area (TPSA) is 87.2 Å². The number of anilines is 1. The van der Waals surface area contributed by atoms with E-state index >= 15 is 0 Å². The number of hydrogen-bond donors (Lipinski definition) is 2. The molecule has 2 rings (SSSR count). The molecule has 1 aliphatic rings. The van der Waals surface area contributed by atoms with Crippen molar-refractivity contribution in [1.29, 1.82) is 0 Å². The number of aromatic nitrogens is 2. The number of urea groups is 1. The molecule has 1 atom stereocenters. The van der Waals surface area contributed by atoms with Crippen molar-refractivity contribution >= 4 is 28.4 Å². The summed E-state index contributed by atoms with van der Waals surface area (Å²) in [4.78, 5) is 25.6. The van der Waals surface area contributed by atoms with Crippen molar-refractivity contribution in [3.8, 4) is 0 Å². The lowest BCUT2D eigenvalue weighted by atomic mass is 9.98. The molecule has 1 saturated heterocycles. The Hall–Kier alpha value is -1.70. The molecule has 0 spiro atoms. The molecule has 0 aliphatic carbocycles. The van der Waals surface area contributed by atoms with Crippen molar-refractivity contribution in [2.45, 2.75) is 58.5 Å². The number of carbonyl (C=O) groups is 2. The molecule has 1 aromatic heterocycles. The minimum absolute atomic E-state index is 0.0752. The number of amides is 3. The third-order valence-corrected chi connectivity index (χ3v) is 4.67. The Labute approximate surface area is 134 Å². The molecule has 0 radical (unpaired) electrons. The van der Waals surface area contributed by atoms with Crippen molar-refractivity contribution in [3.05, 3.63) is 5.01 Å². The zero-order valence-electron chi connectivity index (χ0n) is 13.6. The van der Waals surface area contributed by atoms with E-state index in [4.69, 9.17) is 0 Å². The van der Waals surface area contributed by atoms with Gasteiger partial charge in [-0.25, -0.2) is 4.79 Å². The zero-order chi connectivity index (χ0) is 16.5. The summed E-state index contributed by atoms with van der Waals surface area (Å²) in [6.45, 7) is 10.6. The first-order valence-corrected chi connectivity index (χ1v) is 8.19. The summed E-state index contributed by atoms with van der Waals surface area (Å²) < 4.78 is 0. The minimum Gasteiger partial charge on any atom is -0.338 e. The highest BCUT2D eigenvalue weighted by molar-refractivity contribution is 7.15. The molecule has 2 N–H and O–H groups in total. The molecule has 3 amide bonds. The van der Waals surface area contributed by atoms with Gasteiger partial charge in [-0.05, 0) is 13.8 Å². The Balaban J connectivity index is 1.89. The second kappa shape index (κ2) is 6.20. The van der Waals surface area contributed by atoms with Gasteiger partial charge >= 0.3 is 6.03 Å². The van der Waals surface area contributed by atoms with Crippen LogP contribution in [0.1, 0.15) is 46.0 Å². The van der Waals surface area contributed by atoms with Crippen LogP contribution < -0.4 is 10.6 Å². The third-order valence-electron chi connectivity index (χ3n) is 3.40. The van der Waals surface area contributed by atoms with E-state index in [2.05, 4.69) is 20.8 Å². The van der Waals surface area contributed by atoms with Gasteiger partial charge in [0.25, 0.3) is 0 Å². The van der Waals surface area contributed by atoms with Gasteiger partial charge in [0.1, 0.15) is 5.01 Å². The minimum atomic E-state index is -0.347. The maximum Gasteiger partial charge on any atom is 0.321 e. The Morgan fingerprint density at radius 2 is 2.05 bits per heavy atom. The lowest BCUT2D eigenvalue weighted by Crippen LogP contribution is -2.40. The van der Waals surface area contributed by atoms with Crippen molar-refractivity contribution in [1.82, 2.24) is 20.4 Å². The van der Waals surface area contributed by atoms with Gasteiger partial charge in [-0.3, -0.25) is 10.1 Å². The monoisotopic (exact) mass is 325 g/mol. The average Bonchev–Trinajstić information content (AvgIpc) is 2.95. The molecule has 2 heterocycles. The summed E-state index contributed by atoms with van der Waals surface area (Å²) in [6, 6.07) is -0.357. The normalized spacial score (nSPS) is 18.9. The van der Waals surface area contributed by atoms with Crippen molar-refractivity contribution in [3.63, 3.8) is 0 Å². The van der Waals surface area contributed by atoms with Gasteiger partial charge in [0.15, 0.2) is 0 Å². The van der Waals surface area contributed by atoms with Gasteiger partial charge in [0.05, 0.1) is 6.04 Å². The fraction of sp³-hybridized carbons (Fsp3) is 0.714. The van der Waals surface area contributed by atoms with Crippen LogP contribution in [0, 0.1) is 0 Å². The highest BCUT2D eigenvalue weighted by atomic mass is 32.1. The molecule has 0 aromatic carbocycles. The predicted molar refractivity (Wildman–Crippen MR) is 86.0 cm³/mol. The molecule has 1 aromatic rings. The summed E-state index contributed by atoms with van der Waals surface area (Å²) >= 11 is 1.36. The fourth-order valence-corrected chi connectivity index (χ4v) is 3.02. The molecule has 0 saturated carbocycles. The van der Waals surface area contributed by atoms with Crippen molar-refractivity contribution in [2.75, 3.05) is 11.9 Å². The van der Waals surface area contributed by atoms with E-state index in [1.54, 1.807) is 4.90 Å². The van der Waals surface area contributed by atoms with Gasteiger partial charge in [-0.1, -0.05) is 32.1 Å². The number of carbonyl (C=O) groups excluding carboxylic acids is 2. The van der Waals surface area contributed by atoms with Gasteiger partial charge < -0.3 is 10.2 Å². The highest BCUT2D eigenvalue weighted by Gasteiger charge is 2.32. The molecule has 7 nitrogen and oxygen atoms in total. The molecule has 1 fully saturated rings. The van der Waals surface area contributed by atoms with E-state index < -0.39 is 0 Å². The SMILES string of the molecule is CC(C)N1CC(NC(=O)Nc2nnc(C(C)(C)C)s2)CC1=O. The van der Waals surface area contributed by atoms with Crippen LogP contribution >= 0.6 is 11.3 Å². The predicted octanol–water partition coefficient (Wildman–Crippen LogP) is 1.97. The summed E-state index contributed by atoms with van der Waals surface area (Å²) in [5.41, 5.74) is -0.0935. The van der Waals surface area contributed by atoms with Crippen LogP contribution in [-0.2, 0) is 10.2 Å². The van der Waals surface area contributed by atoms with Crippen LogP contribution in [0.25, 0.3) is 0 Å². The Morgan fingerprint density at radius 1 is 1.36 bits per heavy atom. The second-order valence-corrected chi connectivity index (χ2v) is 7.78. The van der Waals surface area contributed by atoms with E-state index in [1.807, 2.05) is 34.6 Å². The number of rotatable bonds is 3. The Morgan fingerprint density at radius 3 is 2.55 bits per heavy atom. The molecular weight excluding hydrogens is 302 g/mol. The van der Waals surface area contributed by atoms with Crippen LogP contribution in [0.2, 0.25) is 0 Å². The number of nitrogens with zero attached hydrogens (tertiary/aromatic N) is 3. The maximum atomic E-state index is 12.0. The highest BCUT2D eigenvalue weighted by Crippen LogP contribution is 2.27. The lowest BCUT2D eigenvalue weighted by Gasteiger charge is -2.21. The molecular formula is C14H23N5O2S. The molecule has 1 unspecified atom stereocenters. The quantitative estimate of drug-likeness (QED) is 0.889.